The molecule has 98 valence electrons. The number of aryl methyl sites for hydroxylation is 1. The summed E-state index contributed by atoms with van der Waals surface area (Å²) in [5, 5.41) is 10.7. The van der Waals surface area contributed by atoms with Crippen molar-refractivity contribution in [1.82, 2.24) is 0 Å². The number of aliphatic hydroxyl groups is 1. The predicted molar refractivity (Wildman–Crippen MR) is 71.7 cm³/mol. The van der Waals surface area contributed by atoms with Gasteiger partial charge >= 0.3 is 0 Å². The van der Waals surface area contributed by atoms with Crippen LogP contribution < -0.4 is 0 Å². The summed E-state index contributed by atoms with van der Waals surface area (Å²) in [5.74, 6) is 0.504. The Morgan fingerprint density at radius 2 is 2.22 bits per heavy atom. The van der Waals surface area contributed by atoms with Crippen molar-refractivity contribution in [3.8, 4) is 0 Å². The molecule has 1 aromatic rings. The Kier molecular flexibility index (Phi) is 3.16. The van der Waals surface area contributed by atoms with Crippen LogP contribution in [-0.4, -0.2) is 23.4 Å². The van der Waals surface area contributed by atoms with Crippen LogP contribution in [0.25, 0.3) is 0 Å². The van der Waals surface area contributed by atoms with Crippen LogP contribution in [-0.2, 0) is 11.2 Å². The molecule has 1 aromatic carbocycles. The highest BCUT2D eigenvalue weighted by Crippen LogP contribution is 2.41. The van der Waals surface area contributed by atoms with Crippen LogP contribution in [0.3, 0.4) is 0 Å². The second-order valence-corrected chi connectivity index (χ2v) is 5.86. The third-order valence-corrected chi connectivity index (χ3v) is 4.75. The molecule has 1 heterocycles. The first-order chi connectivity index (χ1) is 8.69. The Labute approximate surface area is 109 Å². The molecule has 2 nitrogen and oxygen atoms in total. The van der Waals surface area contributed by atoms with Gasteiger partial charge in [0.15, 0.2) is 0 Å². The zero-order chi connectivity index (χ0) is 12.6. The van der Waals surface area contributed by atoms with Crippen LogP contribution in [0.1, 0.15) is 49.7 Å². The molecule has 1 fully saturated rings. The SMILES string of the molecule is CC1OCCC1(O)CC1CCCc2ccccc21. The van der Waals surface area contributed by atoms with E-state index in [1.54, 1.807) is 0 Å². The van der Waals surface area contributed by atoms with E-state index in [-0.39, 0.29) is 6.10 Å². The van der Waals surface area contributed by atoms with Gasteiger partial charge in [-0.3, -0.25) is 0 Å². The first kappa shape index (κ1) is 12.2. The molecule has 0 aromatic heterocycles. The zero-order valence-corrected chi connectivity index (χ0v) is 11.1. The third kappa shape index (κ3) is 2.08. The smallest absolute Gasteiger partial charge is 0.0933 e. The van der Waals surface area contributed by atoms with Gasteiger partial charge in [-0.25, -0.2) is 0 Å². The van der Waals surface area contributed by atoms with Crippen LogP contribution in [0.4, 0.5) is 0 Å². The first-order valence-corrected chi connectivity index (χ1v) is 7.11. The van der Waals surface area contributed by atoms with E-state index < -0.39 is 5.60 Å². The molecule has 1 aliphatic carbocycles. The lowest BCUT2D eigenvalue weighted by molar-refractivity contribution is -0.0384. The molecule has 0 amide bonds. The highest BCUT2D eigenvalue weighted by atomic mass is 16.5. The average molecular weight is 246 g/mol. The minimum atomic E-state index is -0.616. The Morgan fingerprint density at radius 3 is 3.00 bits per heavy atom. The zero-order valence-electron chi connectivity index (χ0n) is 11.1. The summed E-state index contributed by atoms with van der Waals surface area (Å²) in [6, 6.07) is 8.72. The maximum Gasteiger partial charge on any atom is 0.0933 e. The van der Waals surface area contributed by atoms with Crippen molar-refractivity contribution in [1.29, 1.82) is 0 Å². The van der Waals surface area contributed by atoms with Crippen molar-refractivity contribution in [2.75, 3.05) is 6.61 Å². The Morgan fingerprint density at radius 1 is 1.39 bits per heavy atom. The van der Waals surface area contributed by atoms with Gasteiger partial charge in [-0.05, 0) is 49.7 Å². The fourth-order valence-corrected chi connectivity index (χ4v) is 3.53. The van der Waals surface area contributed by atoms with Gasteiger partial charge in [0.2, 0.25) is 0 Å². The Balaban J connectivity index is 1.82. The molecule has 1 aliphatic heterocycles. The van der Waals surface area contributed by atoms with Gasteiger partial charge in [0, 0.05) is 13.0 Å². The minimum absolute atomic E-state index is 0.0217. The van der Waals surface area contributed by atoms with Gasteiger partial charge in [0.25, 0.3) is 0 Å². The predicted octanol–water partition coefficient (Wildman–Crippen LogP) is 3.04. The van der Waals surface area contributed by atoms with Gasteiger partial charge in [-0.1, -0.05) is 24.3 Å². The number of ether oxygens (including phenoxy) is 1. The molecule has 2 heteroatoms. The van der Waals surface area contributed by atoms with Crippen molar-refractivity contribution in [2.24, 2.45) is 0 Å². The standard InChI is InChI=1S/C16H22O2/c1-12-16(17,9-10-18-12)11-14-7-4-6-13-5-2-3-8-15(13)14/h2-3,5,8,12,14,17H,4,6-7,9-11H2,1H3. The topological polar surface area (TPSA) is 29.5 Å². The summed E-state index contributed by atoms with van der Waals surface area (Å²) in [5.41, 5.74) is 2.31. The van der Waals surface area contributed by atoms with Gasteiger partial charge in [-0.15, -0.1) is 0 Å². The van der Waals surface area contributed by atoms with Gasteiger partial charge < -0.3 is 9.84 Å². The fourth-order valence-electron chi connectivity index (χ4n) is 3.53. The molecule has 18 heavy (non-hydrogen) atoms. The van der Waals surface area contributed by atoms with Crippen LogP contribution >= 0.6 is 0 Å². The molecule has 1 saturated heterocycles. The third-order valence-electron chi connectivity index (χ3n) is 4.75. The van der Waals surface area contributed by atoms with Crippen LogP contribution in [0.15, 0.2) is 24.3 Å². The highest BCUT2D eigenvalue weighted by Gasteiger charge is 2.41. The average Bonchev–Trinajstić information content (AvgIpc) is 2.70. The Hall–Kier alpha value is -0.860. The molecular weight excluding hydrogens is 224 g/mol. The quantitative estimate of drug-likeness (QED) is 0.869. The fraction of sp³-hybridized carbons (Fsp3) is 0.625. The maximum absolute atomic E-state index is 10.7. The highest BCUT2D eigenvalue weighted by molar-refractivity contribution is 5.33. The number of benzene rings is 1. The summed E-state index contributed by atoms with van der Waals surface area (Å²) in [6.45, 7) is 2.70. The largest absolute Gasteiger partial charge is 0.387 e. The van der Waals surface area contributed by atoms with E-state index in [0.29, 0.717) is 12.5 Å². The van der Waals surface area contributed by atoms with Crippen LogP contribution in [0.5, 0.6) is 0 Å². The number of hydrogen-bond acceptors (Lipinski definition) is 2. The molecule has 2 aliphatic rings. The van der Waals surface area contributed by atoms with E-state index in [9.17, 15) is 5.11 Å². The van der Waals surface area contributed by atoms with E-state index >= 15 is 0 Å². The van der Waals surface area contributed by atoms with Crippen molar-refractivity contribution in [3.05, 3.63) is 35.4 Å². The van der Waals surface area contributed by atoms with E-state index in [1.807, 2.05) is 6.92 Å². The molecular formula is C16H22O2. The van der Waals surface area contributed by atoms with Crippen LogP contribution in [0.2, 0.25) is 0 Å². The summed E-state index contributed by atoms with van der Waals surface area (Å²) in [4.78, 5) is 0. The van der Waals surface area contributed by atoms with Crippen LogP contribution in [0, 0.1) is 0 Å². The first-order valence-electron chi connectivity index (χ1n) is 7.11. The summed E-state index contributed by atoms with van der Waals surface area (Å²) < 4.78 is 5.55. The molecule has 3 atom stereocenters. The van der Waals surface area contributed by atoms with E-state index in [2.05, 4.69) is 24.3 Å². The Bertz CT molecular complexity index is 429. The van der Waals surface area contributed by atoms with Gasteiger partial charge in [0.1, 0.15) is 0 Å². The lowest BCUT2D eigenvalue weighted by atomic mass is 9.75. The monoisotopic (exact) mass is 246 g/mol. The van der Waals surface area contributed by atoms with E-state index in [4.69, 9.17) is 4.74 Å². The summed E-state index contributed by atoms with van der Waals surface area (Å²) in [7, 11) is 0. The van der Waals surface area contributed by atoms with Crippen molar-refractivity contribution in [3.63, 3.8) is 0 Å². The lowest BCUT2D eigenvalue weighted by Gasteiger charge is -2.33. The molecule has 1 N–H and O–H groups in total. The lowest BCUT2D eigenvalue weighted by Crippen LogP contribution is -2.38. The molecule has 3 rings (SSSR count). The summed E-state index contributed by atoms with van der Waals surface area (Å²) >= 11 is 0. The second-order valence-electron chi connectivity index (χ2n) is 5.86. The van der Waals surface area contributed by atoms with Crippen molar-refractivity contribution < 1.29 is 9.84 Å². The molecule has 0 bridgehead atoms. The van der Waals surface area contributed by atoms with Gasteiger partial charge in [0.05, 0.1) is 11.7 Å². The number of fused-ring (bicyclic) bond motifs is 1. The second kappa shape index (κ2) is 4.67. The number of rotatable bonds is 2. The maximum atomic E-state index is 10.7. The molecule has 0 radical (unpaired) electrons. The molecule has 0 spiro atoms. The molecule has 3 unspecified atom stereocenters. The molecule has 0 saturated carbocycles. The van der Waals surface area contributed by atoms with E-state index in [1.165, 1.54) is 30.4 Å². The van der Waals surface area contributed by atoms with Crippen molar-refractivity contribution in [2.45, 2.75) is 56.7 Å². The number of hydrogen-bond donors (Lipinski definition) is 1. The normalized spacial score (nSPS) is 35.4. The minimum Gasteiger partial charge on any atom is -0.387 e. The van der Waals surface area contributed by atoms with Gasteiger partial charge in [-0.2, -0.15) is 0 Å². The van der Waals surface area contributed by atoms with E-state index in [0.717, 1.165) is 12.8 Å². The van der Waals surface area contributed by atoms with Crippen molar-refractivity contribution >= 4 is 0 Å². The summed E-state index contributed by atoms with van der Waals surface area (Å²) in [6.07, 6.45) is 5.25.